The molecule has 0 saturated carbocycles. The largest absolute Gasteiger partial charge is 0.494 e. The Morgan fingerprint density at radius 2 is 1.78 bits per heavy atom. The number of aryl methyl sites for hydroxylation is 1. The third kappa shape index (κ3) is 3.98. The zero-order valence-corrected chi connectivity index (χ0v) is 15.3. The summed E-state index contributed by atoms with van der Waals surface area (Å²) in [5, 5.41) is 4.13. The SMILES string of the molecule is COc1ccc(S(=O)(=O)Nc2ccc(-c3ccc(=O)n(C)n3)cc2)cc1F. The number of sulfonamides is 1. The molecular formula is C18H16FN3O4S. The van der Waals surface area contributed by atoms with Gasteiger partial charge in [-0.2, -0.15) is 5.10 Å². The van der Waals surface area contributed by atoms with Crippen molar-refractivity contribution in [3.05, 3.63) is 70.8 Å². The summed E-state index contributed by atoms with van der Waals surface area (Å²) < 4.78 is 47.0. The second-order valence-corrected chi connectivity index (χ2v) is 7.34. The maximum atomic E-state index is 13.8. The summed E-state index contributed by atoms with van der Waals surface area (Å²) >= 11 is 0. The van der Waals surface area contributed by atoms with E-state index in [1.54, 1.807) is 37.4 Å². The zero-order chi connectivity index (χ0) is 19.6. The predicted molar refractivity (Wildman–Crippen MR) is 98.7 cm³/mol. The van der Waals surface area contributed by atoms with Gasteiger partial charge >= 0.3 is 0 Å². The highest BCUT2D eigenvalue weighted by Gasteiger charge is 2.17. The first-order valence-electron chi connectivity index (χ1n) is 7.81. The molecule has 0 spiro atoms. The van der Waals surface area contributed by atoms with Gasteiger partial charge in [-0.05, 0) is 36.4 Å². The minimum Gasteiger partial charge on any atom is -0.494 e. The summed E-state index contributed by atoms with van der Waals surface area (Å²) in [7, 11) is -1.12. The predicted octanol–water partition coefficient (Wildman–Crippen LogP) is 2.40. The van der Waals surface area contributed by atoms with Crippen molar-refractivity contribution in [2.24, 2.45) is 7.05 Å². The van der Waals surface area contributed by atoms with Crippen LogP contribution in [0.25, 0.3) is 11.3 Å². The van der Waals surface area contributed by atoms with Crippen molar-refractivity contribution in [1.82, 2.24) is 9.78 Å². The Labute approximate surface area is 155 Å². The standard InChI is InChI=1S/C18H16FN3O4S/c1-22-18(23)10-8-16(20-22)12-3-5-13(6-4-12)21-27(24,25)14-7-9-17(26-2)15(19)11-14/h3-11,21H,1-2H3. The molecule has 0 unspecified atom stereocenters. The molecule has 0 aliphatic rings. The van der Waals surface area contributed by atoms with E-state index in [-0.39, 0.29) is 16.2 Å². The van der Waals surface area contributed by atoms with Crippen molar-refractivity contribution in [2.45, 2.75) is 4.90 Å². The summed E-state index contributed by atoms with van der Waals surface area (Å²) in [6, 6.07) is 12.8. The Kier molecular flexibility index (Phi) is 4.95. The normalized spacial score (nSPS) is 11.2. The molecule has 1 aromatic heterocycles. The maximum absolute atomic E-state index is 13.8. The third-order valence-electron chi connectivity index (χ3n) is 3.83. The van der Waals surface area contributed by atoms with Crippen LogP contribution in [0, 0.1) is 5.82 Å². The number of hydrogen-bond donors (Lipinski definition) is 1. The zero-order valence-electron chi connectivity index (χ0n) is 14.5. The molecule has 0 radical (unpaired) electrons. The second kappa shape index (κ2) is 7.20. The van der Waals surface area contributed by atoms with Crippen LogP contribution in [0.4, 0.5) is 10.1 Å². The van der Waals surface area contributed by atoms with E-state index >= 15 is 0 Å². The van der Waals surface area contributed by atoms with Crippen LogP contribution >= 0.6 is 0 Å². The first kappa shape index (κ1) is 18.6. The molecule has 1 N–H and O–H groups in total. The lowest BCUT2D eigenvalue weighted by Gasteiger charge is -2.10. The van der Waals surface area contributed by atoms with Gasteiger partial charge in [-0.25, -0.2) is 17.5 Å². The van der Waals surface area contributed by atoms with Crippen LogP contribution in [-0.4, -0.2) is 25.3 Å². The van der Waals surface area contributed by atoms with Crippen LogP contribution < -0.4 is 15.0 Å². The van der Waals surface area contributed by atoms with Crippen molar-refractivity contribution in [1.29, 1.82) is 0 Å². The van der Waals surface area contributed by atoms with Crippen molar-refractivity contribution < 1.29 is 17.5 Å². The lowest BCUT2D eigenvalue weighted by atomic mass is 10.1. The summed E-state index contributed by atoms with van der Waals surface area (Å²) in [6.45, 7) is 0. The van der Waals surface area contributed by atoms with E-state index in [2.05, 4.69) is 9.82 Å². The smallest absolute Gasteiger partial charge is 0.266 e. The first-order chi connectivity index (χ1) is 12.8. The summed E-state index contributed by atoms with van der Waals surface area (Å²) in [5.74, 6) is -0.806. The van der Waals surface area contributed by atoms with Gasteiger partial charge in [0.15, 0.2) is 11.6 Å². The molecule has 1 heterocycles. The average Bonchev–Trinajstić information content (AvgIpc) is 2.64. The number of aromatic nitrogens is 2. The number of nitrogens with one attached hydrogen (secondary N) is 1. The van der Waals surface area contributed by atoms with Crippen LogP contribution in [0.2, 0.25) is 0 Å². The number of halogens is 1. The van der Waals surface area contributed by atoms with Crippen LogP contribution in [0.1, 0.15) is 0 Å². The van der Waals surface area contributed by atoms with E-state index in [4.69, 9.17) is 4.74 Å². The van der Waals surface area contributed by atoms with E-state index in [1.807, 2.05) is 0 Å². The molecule has 0 aliphatic carbocycles. The van der Waals surface area contributed by atoms with Gasteiger partial charge in [0, 0.05) is 24.4 Å². The molecule has 0 atom stereocenters. The fraction of sp³-hybridized carbons (Fsp3) is 0.111. The van der Waals surface area contributed by atoms with Crippen LogP contribution in [0.15, 0.2) is 64.3 Å². The Morgan fingerprint density at radius 3 is 2.37 bits per heavy atom. The molecule has 140 valence electrons. The number of benzene rings is 2. The van der Waals surface area contributed by atoms with E-state index in [9.17, 15) is 17.6 Å². The molecule has 3 aromatic rings. The molecule has 0 bridgehead atoms. The van der Waals surface area contributed by atoms with Crippen LogP contribution in [0.3, 0.4) is 0 Å². The third-order valence-corrected chi connectivity index (χ3v) is 5.21. The Balaban J connectivity index is 1.84. The Morgan fingerprint density at radius 1 is 1.07 bits per heavy atom. The highest BCUT2D eigenvalue weighted by Crippen LogP contribution is 2.24. The summed E-state index contributed by atoms with van der Waals surface area (Å²) in [4.78, 5) is 11.2. The van der Waals surface area contributed by atoms with E-state index < -0.39 is 15.8 Å². The van der Waals surface area contributed by atoms with Gasteiger partial charge < -0.3 is 4.74 Å². The number of ether oxygens (including phenoxy) is 1. The molecule has 0 saturated heterocycles. The first-order valence-corrected chi connectivity index (χ1v) is 9.29. The van der Waals surface area contributed by atoms with Gasteiger partial charge in [-0.15, -0.1) is 0 Å². The molecule has 7 nitrogen and oxygen atoms in total. The highest BCUT2D eigenvalue weighted by molar-refractivity contribution is 7.92. The van der Waals surface area contributed by atoms with Gasteiger partial charge in [0.2, 0.25) is 0 Å². The minimum absolute atomic E-state index is 0.0388. The summed E-state index contributed by atoms with van der Waals surface area (Å²) in [5.41, 5.74) is 1.36. The molecule has 27 heavy (non-hydrogen) atoms. The fourth-order valence-electron chi connectivity index (χ4n) is 2.39. The molecule has 0 aliphatic heterocycles. The van der Waals surface area contributed by atoms with E-state index in [1.165, 1.54) is 30.0 Å². The summed E-state index contributed by atoms with van der Waals surface area (Å²) in [6.07, 6.45) is 0. The molecule has 3 rings (SSSR count). The Bertz CT molecular complexity index is 1140. The molecular weight excluding hydrogens is 373 g/mol. The van der Waals surface area contributed by atoms with Crippen molar-refractivity contribution in [2.75, 3.05) is 11.8 Å². The molecule has 0 amide bonds. The quantitative estimate of drug-likeness (QED) is 0.724. The van der Waals surface area contributed by atoms with Gasteiger partial charge in [0.1, 0.15) is 0 Å². The minimum atomic E-state index is -3.96. The molecule has 0 fully saturated rings. The number of anilines is 1. The van der Waals surface area contributed by atoms with Crippen molar-refractivity contribution in [3.8, 4) is 17.0 Å². The van der Waals surface area contributed by atoms with Gasteiger partial charge in [-0.1, -0.05) is 12.1 Å². The number of hydrogen-bond acceptors (Lipinski definition) is 5. The number of rotatable bonds is 5. The monoisotopic (exact) mass is 389 g/mol. The maximum Gasteiger partial charge on any atom is 0.266 e. The topological polar surface area (TPSA) is 90.3 Å². The molecule has 2 aromatic carbocycles. The van der Waals surface area contributed by atoms with E-state index in [0.29, 0.717) is 16.9 Å². The lowest BCUT2D eigenvalue weighted by Crippen LogP contribution is -2.18. The number of methoxy groups -OCH3 is 1. The van der Waals surface area contributed by atoms with Crippen LogP contribution in [-0.2, 0) is 17.1 Å². The van der Waals surface area contributed by atoms with Crippen molar-refractivity contribution >= 4 is 15.7 Å². The highest BCUT2D eigenvalue weighted by atomic mass is 32.2. The van der Waals surface area contributed by atoms with E-state index in [0.717, 1.165) is 6.07 Å². The fourth-order valence-corrected chi connectivity index (χ4v) is 3.46. The molecule has 9 heteroatoms. The van der Waals surface area contributed by atoms with Gasteiger partial charge in [-0.3, -0.25) is 9.52 Å². The average molecular weight is 389 g/mol. The lowest BCUT2D eigenvalue weighted by molar-refractivity contribution is 0.385. The number of nitrogens with zero attached hydrogens (tertiary/aromatic N) is 2. The Hall–Kier alpha value is -3.20. The van der Waals surface area contributed by atoms with Crippen LogP contribution in [0.5, 0.6) is 5.75 Å². The second-order valence-electron chi connectivity index (χ2n) is 5.66. The van der Waals surface area contributed by atoms with Crippen molar-refractivity contribution in [3.63, 3.8) is 0 Å². The van der Waals surface area contributed by atoms with Gasteiger partial charge in [0.25, 0.3) is 15.6 Å². The van der Waals surface area contributed by atoms with Gasteiger partial charge in [0.05, 0.1) is 17.7 Å².